The first-order valence-electron chi connectivity index (χ1n) is 7.78. The minimum atomic E-state index is -0.0633. The standard InChI is InChI=1S/C18H18N4O2S/c1-11-4-6-15(8-12(11)2)21-16(23)10-25-17-7-5-14(9-19-17)18-20-13(3)22-24-18/h4-9H,10H2,1-3H3,(H,21,23). The summed E-state index contributed by atoms with van der Waals surface area (Å²) < 4.78 is 5.10. The maximum atomic E-state index is 12.1. The molecule has 0 aliphatic rings. The molecule has 1 aromatic carbocycles. The van der Waals surface area contributed by atoms with E-state index in [-0.39, 0.29) is 5.91 Å². The minimum Gasteiger partial charge on any atom is -0.334 e. The van der Waals surface area contributed by atoms with Gasteiger partial charge in [0.15, 0.2) is 5.82 Å². The van der Waals surface area contributed by atoms with Gasteiger partial charge in [-0.15, -0.1) is 0 Å². The Hall–Kier alpha value is -2.67. The molecule has 0 spiro atoms. The molecule has 0 saturated carbocycles. The van der Waals surface area contributed by atoms with Crippen molar-refractivity contribution < 1.29 is 9.32 Å². The van der Waals surface area contributed by atoms with Gasteiger partial charge in [-0.1, -0.05) is 23.0 Å². The van der Waals surface area contributed by atoms with Crippen molar-refractivity contribution in [2.24, 2.45) is 0 Å². The van der Waals surface area contributed by atoms with E-state index in [1.165, 1.54) is 17.3 Å². The Labute approximate surface area is 150 Å². The smallest absolute Gasteiger partial charge is 0.259 e. The van der Waals surface area contributed by atoms with Crippen molar-refractivity contribution in [1.82, 2.24) is 15.1 Å². The molecule has 0 saturated heterocycles. The summed E-state index contributed by atoms with van der Waals surface area (Å²) in [5.41, 5.74) is 3.92. The Bertz CT molecular complexity index is 890. The van der Waals surface area contributed by atoms with Gasteiger partial charge >= 0.3 is 0 Å². The summed E-state index contributed by atoms with van der Waals surface area (Å²) >= 11 is 1.37. The molecule has 2 heterocycles. The number of amides is 1. The molecular weight excluding hydrogens is 336 g/mol. The van der Waals surface area contributed by atoms with Crippen LogP contribution in [0.4, 0.5) is 5.69 Å². The number of nitrogens with one attached hydrogen (secondary N) is 1. The highest BCUT2D eigenvalue weighted by molar-refractivity contribution is 7.99. The molecule has 2 aromatic heterocycles. The van der Waals surface area contributed by atoms with Gasteiger partial charge in [0.05, 0.1) is 16.3 Å². The number of anilines is 1. The van der Waals surface area contributed by atoms with Gasteiger partial charge in [-0.3, -0.25) is 4.79 Å². The van der Waals surface area contributed by atoms with E-state index in [0.717, 1.165) is 21.8 Å². The van der Waals surface area contributed by atoms with E-state index >= 15 is 0 Å². The lowest BCUT2D eigenvalue weighted by Crippen LogP contribution is -2.14. The van der Waals surface area contributed by atoms with Crippen LogP contribution in [0, 0.1) is 20.8 Å². The van der Waals surface area contributed by atoms with Crippen molar-refractivity contribution in [3.8, 4) is 11.5 Å². The Morgan fingerprint density at radius 1 is 1.16 bits per heavy atom. The van der Waals surface area contributed by atoms with E-state index in [2.05, 4.69) is 20.4 Å². The third kappa shape index (κ3) is 4.45. The maximum Gasteiger partial charge on any atom is 0.259 e. The number of aromatic nitrogens is 3. The van der Waals surface area contributed by atoms with E-state index in [0.29, 0.717) is 17.5 Å². The number of thioether (sulfide) groups is 1. The van der Waals surface area contributed by atoms with Gasteiger partial charge in [0.2, 0.25) is 5.91 Å². The predicted octanol–water partition coefficient (Wildman–Crippen LogP) is 3.79. The van der Waals surface area contributed by atoms with Gasteiger partial charge in [-0.05, 0) is 56.2 Å². The number of pyridine rings is 1. The summed E-state index contributed by atoms with van der Waals surface area (Å²) in [6, 6.07) is 9.56. The summed E-state index contributed by atoms with van der Waals surface area (Å²) in [6.45, 7) is 5.83. The first-order valence-corrected chi connectivity index (χ1v) is 8.76. The molecule has 0 radical (unpaired) electrons. The number of benzene rings is 1. The lowest BCUT2D eigenvalue weighted by molar-refractivity contribution is -0.113. The Morgan fingerprint density at radius 2 is 2.00 bits per heavy atom. The highest BCUT2D eigenvalue weighted by Crippen LogP contribution is 2.21. The van der Waals surface area contributed by atoms with Crippen LogP contribution >= 0.6 is 11.8 Å². The van der Waals surface area contributed by atoms with Crippen molar-refractivity contribution in [3.05, 3.63) is 53.5 Å². The minimum absolute atomic E-state index is 0.0633. The molecule has 3 rings (SSSR count). The molecule has 128 valence electrons. The van der Waals surface area contributed by atoms with Crippen molar-refractivity contribution >= 4 is 23.4 Å². The molecule has 0 fully saturated rings. The largest absolute Gasteiger partial charge is 0.334 e. The summed E-state index contributed by atoms with van der Waals surface area (Å²) in [5.74, 6) is 1.25. The quantitative estimate of drug-likeness (QED) is 0.702. The van der Waals surface area contributed by atoms with E-state index in [4.69, 9.17) is 4.52 Å². The van der Waals surface area contributed by atoms with Gasteiger partial charge in [0.1, 0.15) is 0 Å². The molecule has 6 nitrogen and oxygen atoms in total. The topological polar surface area (TPSA) is 80.9 Å². The van der Waals surface area contributed by atoms with Crippen molar-refractivity contribution in [1.29, 1.82) is 0 Å². The summed E-state index contributed by atoms with van der Waals surface area (Å²) in [5, 5.41) is 7.41. The lowest BCUT2D eigenvalue weighted by atomic mass is 10.1. The maximum absolute atomic E-state index is 12.1. The molecule has 0 bridgehead atoms. The van der Waals surface area contributed by atoms with Gasteiger partial charge in [-0.25, -0.2) is 4.98 Å². The van der Waals surface area contributed by atoms with Gasteiger partial charge < -0.3 is 9.84 Å². The van der Waals surface area contributed by atoms with E-state index in [1.54, 1.807) is 13.1 Å². The van der Waals surface area contributed by atoms with Crippen LogP contribution < -0.4 is 5.32 Å². The fraction of sp³-hybridized carbons (Fsp3) is 0.222. The summed E-state index contributed by atoms with van der Waals surface area (Å²) in [7, 11) is 0. The molecule has 1 amide bonds. The van der Waals surface area contributed by atoms with Crippen LogP contribution in [0.15, 0.2) is 46.1 Å². The highest BCUT2D eigenvalue weighted by atomic mass is 32.2. The SMILES string of the molecule is Cc1noc(-c2ccc(SCC(=O)Nc3ccc(C)c(C)c3)nc2)n1. The number of carbonyl (C=O) groups excluding carboxylic acids is 1. The Morgan fingerprint density at radius 3 is 2.64 bits per heavy atom. The lowest BCUT2D eigenvalue weighted by Gasteiger charge is -2.07. The third-order valence-electron chi connectivity index (χ3n) is 3.65. The van der Waals surface area contributed by atoms with Gasteiger partial charge in [-0.2, -0.15) is 4.98 Å². The zero-order valence-electron chi connectivity index (χ0n) is 14.2. The predicted molar refractivity (Wildman–Crippen MR) is 97.5 cm³/mol. The number of aryl methyl sites for hydroxylation is 3. The molecule has 25 heavy (non-hydrogen) atoms. The zero-order valence-corrected chi connectivity index (χ0v) is 15.1. The average molecular weight is 354 g/mol. The van der Waals surface area contributed by atoms with E-state index < -0.39 is 0 Å². The molecule has 0 aliphatic carbocycles. The fourth-order valence-electron chi connectivity index (χ4n) is 2.16. The Balaban J connectivity index is 1.55. The molecule has 3 aromatic rings. The monoisotopic (exact) mass is 354 g/mol. The van der Waals surface area contributed by atoms with E-state index in [1.807, 2.05) is 44.2 Å². The van der Waals surface area contributed by atoms with Crippen molar-refractivity contribution in [3.63, 3.8) is 0 Å². The van der Waals surface area contributed by atoms with Gasteiger partial charge in [0.25, 0.3) is 5.89 Å². The van der Waals surface area contributed by atoms with Crippen LogP contribution in [0.2, 0.25) is 0 Å². The second-order valence-electron chi connectivity index (χ2n) is 5.67. The number of rotatable bonds is 5. The molecule has 0 unspecified atom stereocenters. The average Bonchev–Trinajstić information content (AvgIpc) is 3.03. The molecule has 7 heteroatoms. The van der Waals surface area contributed by atoms with Crippen LogP contribution in [0.3, 0.4) is 0 Å². The third-order valence-corrected chi connectivity index (χ3v) is 4.60. The van der Waals surface area contributed by atoms with Crippen LogP contribution in [0.25, 0.3) is 11.5 Å². The summed E-state index contributed by atoms with van der Waals surface area (Å²) in [6.07, 6.45) is 1.66. The molecule has 0 atom stereocenters. The second kappa shape index (κ2) is 7.48. The van der Waals surface area contributed by atoms with Gasteiger partial charge in [0, 0.05) is 11.9 Å². The van der Waals surface area contributed by atoms with Crippen LogP contribution in [-0.4, -0.2) is 26.8 Å². The Kier molecular flexibility index (Phi) is 5.14. The molecule has 0 aliphatic heterocycles. The normalized spacial score (nSPS) is 10.7. The zero-order chi connectivity index (χ0) is 17.8. The molecule has 1 N–H and O–H groups in total. The fourth-order valence-corrected chi connectivity index (χ4v) is 2.80. The summed E-state index contributed by atoms with van der Waals surface area (Å²) in [4.78, 5) is 20.6. The van der Waals surface area contributed by atoms with E-state index in [9.17, 15) is 4.79 Å². The number of nitrogens with zero attached hydrogens (tertiary/aromatic N) is 3. The van der Waals surface area contributed by atoms with Crippen molar-refractivity contribution in [2.45, 2.75) is 25.8 Å². The number of hydrogen-bond donors (Lipinski definition) is 1. The van der Waals surface area contributed by atoms with Crippen LogP contribution in [0.1, 0.15) is 17.0 Å². The first kappa shape index (κ1) is 17.2. The second-order valence-corrected chi connectivity index (χ2v) is 6.66. The van der Waals surface area contributed by atoms with Crippen molar-refractivity contribution in [2.75, 3.05) is 11.1 Å². The number of hydrogen-bond acceptors (Lipinski definition) is 6. The van der Waals surface area contributed by atoms with Crippen LogP contribution in [-0.2, 0) is 4.79 Å². The molecular formula is C18H18N4O2S. The highest BCUT2D eigenvalue weighted by Gasteiger charge is 2.09. The van der Waals surface area contributed by atoms with Crippen LogP contribution in [0.5, 0.6) is 0 Å². The first-order chi connectivity index (χ1) is 12.0. The number of carbonyl (C=O) groups is 1.